The molecule has 6 heteroatoms. The van der Waals surface area contributed by atoms with Gasteiger partial charge in [-0.05, 0) is 30.5 Å². The van der Waals surface area contributed by atoms with Gasteiger partial charge in [0, 0.05) is 17.4 Å². The second kappa shape index (κ2) is 4.95. The molecule has 0 spiro atoms. The van der Waals surface area contributed by atoms with Crippen molar-refractivity contribution in [2.24, 2.45) is 5.92 Å². The topological polar surface area (TPSA) is 51.0 Å². The fourth-order valence-corrected chi connectivity index (χ4v) is 2.22. The molecule has 3 rings (SSSR count). The van der Waals surface area contributed by atoms with Crippen molar-refractivity contribution in [3.05, 3.63) is 22.7 Å². The number of hydrogen-bond donors (Lipinski definition) is 1. The predicted octanol–water partition coefficient (Wildman–Crippen LogP) is 1.98. The molecule has 1 N–H and O–H groups in total. The number of thiophene rings is 1. The average Bonchev–Trinajstić information content (AvgIpc) is 2.82. The molecule has 16 heavy (non-hydrogen) atoms. The van der Waals surface area contributed by atoms with Gasteiger partial charge >= 0.3 is 0 Å². The van der Waals surface area contributed by atoms with Crippen LogP contribution in [-0.4, -0.2) is 23.2 Å². The van der Waals surface area contributed by atoms with Gasteiger partial charge in [0.15, 0.2) is 0 Å². The lowest BCUT2D eigenvalue weighted by Gasteiger charge is -2.25. The van der Waals surface area contributed by atoms with E-state index in [1.807, 2.05) is 16.8 Å². The molecule has 2 aromatic heterocycles. The van der Waals surface area contributed by atoms with Crippen molar-refractivity contribution >= 4 is 23.7 Å². The molecule has 1 aliphatic rings. The molecule has 0 amide bonds. The van der Waals surface area contributed by atoms with Crippen LogP contribution in [0.5, 0.6) is 0 Å². The number of nitrogens with zero attached hydrogens (tertiary/aromatic N) is 2. The van der Waals surface area contributed by atoms with E-state index in [9.17, 15) is 0 Å². The summed E-state index contributed by atoms with van der Waals surface area (Å²) in [5.74, 6) is 2.13. The molecule has 0 bridgehead atoms. The highest BCUT2D eigenvalue weighted by Crippen LogP contribution is 2.20. The van der Waals surface area contributed by atoms with Gasteiger partial charge < -0.3 is 9.84 Å². The Hall–Kier alpha value is -0.910. The number of halogens is 1. The minimum atomic E-state index is 0. The van der Waals surface area contributed by atoms with Gasteiger partial charge in [-0.25, -0.2) is 0 Å². The van der Waals surface area contributed by atoms with Crippen LogP contribution in [0.1, 0.15) is 5.89 Å². The zero-order valence-corrected chi connectivity index (χ0v) is 10.2. The van der Waals surface area contributed by atoms with Crippen molar-refractivity contribution in [2.75, 3.05) is 13.1 Å². The smallest absolute Gasteiger partial charge is 0.227 e. The summed E-state index contributed by atoms with van der Waals surface area (Å²) >= 11 is 1.64. The van der Waals surface area contributed by atoms with Crippen molar-refractivity contribution in [1.29, 1.82) is 0 Å². The third kappa shape index (κ3) is 2.26. The highest BCUT2D eigenvalue weighted by molar-refractivity contribution is 7.08. The van der Waals surface area contributed by atoms with Crippen molar-refractivity contribution in [1.82, 2.24) is 15.5 Å². The molecule has 0 aromatic carbocycles. The number of aromatic nitrogens is 2. The predicted molar refractivity (Wildman–Crippen MR) is 64.9 cm³/mol. The molecule has 2 aromatic rings. The van der Waals surface area contributed by atoms with E-state index in [0.29, 0.717) is 11.7 Å². The molecular formula is C10H12ClN3OS. The standard InChI is InChI=1S/C10H11N3OS.ClH/c1-2-15-6-8(1)10-12-9(14-13-10)3-7-4-11-5-7;/h1-2,6-7,11H,3-5H2;1H. The molecular weight excluding hydrogens is 246 g/mol. The van der Waals surface area contributed by atoms with Gasteiger partial charge in [-0.2, -0.15) is 16.3 Å². The molecule has 1 saturated heterocycles. The Labute approximate surface area is 103 Å². The van der Waals surface area contributed by atoms with Crippen molar-refractivity contribution in [3.8, 4) is 11.4 Å². The van der Waals surface area contributed by atoms with Crippen molar-refractivity contribution in [3.63, 3.8) is 0 Å². The highest BCUT2D eigenvalue weighted by Gasteiger charge is 2.20. The van der Waals surface area contributed by atoms with Crippen LogP contribution in [0, 0.1) is 5.92 Å². The maximum atomic E-state index is 5.21. The fraction of sp³-hybridized carbons (Fsp3) is 0.400. The van der Waals surface area contributed by atoms with Crippen molar-refractivity contribution in [2.45, 2.75) is 6.42 Å². The molecule has 0 atom stereocenters. The SMILES string of the molecule is Cl.c1cc(-c2noc(CC3CNC3)n2)cs1. The lowest BCUT2D eigenvalue weighted by atomic mass is 10.00. The largest absolute Gasteiger partial charge is 0.339 e. The van der Waals surface area contributed by atoms with E-state index in [4.69, 9.17) is 4.52 Å². The highest BCUT2D eigenvalue weighted by atomic mass is 35.5. The Balaban J connectivity index is 0.000000963. The maximum Gasteiger partial charge on any atom is 0.227 e. The molecule has 3 heterocycles. The number of nitrogens with one attached hydrogen (secondary N) is 1. The van der Waals surface area contributed by atoms with E-state index in [1.54, 1.807) is 11.3 Å². The summed E-state index contributed by atoms with van der Waals surface area (Å²) in [6.07, 6.45) is 0.893. The Bertz CT molecular complexity index is 439. The summed E-state index contributed by atoms with van der Waals surface area (Å²) < 4.78 is 5.21. The Morgan fingerprint density at radius 2 is 2.38 bits per heavy atom. The zero-order valence-electron chi connectivity index (χ0n) is 8.55. The first-order valence-corrected chi connectivity index (χ1v) is 5.92. The molecule has 1 fully saturated rings. The van der Waals surface area contributed by atoms with Crippen LogP contribution in [-0.2, 0) is 6.42 Å². The summed E-state index contributed by atoms with van der Waals surface area (Å²) in [6, 6.07) is 2.00. The third-order valence-corrected chi connectivity index (χ3v) is 3.26. The van der Waals surface area contributed by atoms with E-state index < -0.39 is 0 Å². The van der Waals surface area contributed by atoms with Crippen LogP contribution in [0.4, 0.5) is 0 Å². The van der Waals surface area contributed by atoms with Gasteiger partial charge in [-0.1, -0.05) is 5.16 Å². The lowest BCUT2D eigenvalue weighted by Crippen LogP contribution is -2.43. The number of rotatable bonds is 3. The third-order valence-electron chi connectivity index (χ3n) is 2.58. The van der Waals surface area contributed by atoms with Gasteiger partial charge in [-0.15, -0.1) is 12.4 Å². The second-order valence-corrected chi connectivity index (χ2v) is 4.53. The minimum Gasteiger partial charge on any atom is -0.339 e. The summed E-state index contributed by atoms with van der Waals surface area (Å²) in [5.41, 5.74) is 1.04. The van der Waals surface area contributed by atoms with Crippen LogP contribution in [0.15, 0.2) is 21.3 Å². The average molecular weight is 258 g/mol. The van der Waals surface area contributed by atoms with Gasteiger partial charge in [0.2, 0.25) is 11.7 Å². The summed E-state index contributed by atoms with van der Waals surface area (Å²) in [5, 5.41) is 11.2. The minimum absolute atomic E-state index is 0. The first kappa shape index (κ1) is 11.6. The normalized spacial score (nSPS) is 15.5. The van der Waals surface area contributed by atoms with E-state index in [1.165, 1.54) is 0 Å². The van der Waals surface area contributed by atoms with E-state index in [0.717, 1.165) is 31.0 Å². The number of hydrogen-bond acceptors (Lipinski definition) is 5. The molecule has 4 nitrogen and oxygen atoms in total. The molecule has 0 radical (unpaired) electrons. The second-order valence-electron chi connectivity index (χ2n) is 3.75. The fourth-order valence-electron chi connectivity index (χ4n) is 1.59. The zero-order chi connectivity index (χ0) is 10.1. The van der Waals surface area contributed by atoms with E-state index in [2.05, 4.69) is 15.5 Å². The van der Waals surface area contributed by atoms with Crippen LogP contribution in [0.2, 0.25) is 0 Å². The monoisotopic (exact) mass is 257 g/mol. The Kier molecular flexibility index (Phi) is 3.58. The molecule has 86 valence electrons. The van der Waals surface area contributed by atoms with Gasteiger partial charge in [0.1, 0.15) is 0 Å². The van der Waals surface area contributed by atoms with Crippen LogP contribution in [0.25, 0.3) is 11.4 Å². The molecule has 0 saturated carbocycles. The van der Waals surface area contributed by atoms with E-state index in [-0.39, 0.29) is 12.4 Å². The van der Waals surface area contributed by atoms with Gasteiger partial charge in [0.25, 0.3) is 0 Å². The van der Waals surface area contributed by atoms with Crippen LogP contribution < -0.4 is 5.32 Å². The summed E-state index contributed by atoms with van der Waals surface area (Å²) in [4.78, 5) is 4.38. The van der Waals surface area contributed by atoms with Gasteiger partial charge in [-0.3, -0.25) is 0 Å². The van der Waals surface area contributed by atoms with E-state index >= 15 is 0 Å². The van der Waals surface area contributed by atoms with Gasteiger partial charge in [0.05, 0.1) is 0 Å². The molecule has 1 aliphatic heterocycles. The van der Waals surface area contributed by atoms with Crippen LogP contribution in [0.3, 0.4) is 0 Å². The van der Waals surface area contributed by atoms with Crippen molar-refractivity contribution < 1.29 is 4.52 Å². The molecule has 0 unspecified atom stereocenters. The molecule has 0 aliphatic carbocycles. The van der Waals surface area contributed by atoms with Crippen LogP contribution >= 0.6 is 23.7 Å². The first-order valence-electron chi connectivity index (χ1n) is 4.98. The summed E-state index contributed by atoms with van der Waals surface area (Å²) in [7, 11) is 0. The quantitative estimate of drug-likeness (QED) is 0.914. The lowest BCUT2D eigenvalue weighted by molar-refractivity contribution is 0.296. The maximum absolute atomic E-state index is 5.21. The summed E-state index contributed by atoms with van der Waals surface area (Å²) in [6.45, 7) is 2.13. The first-order chi connectivity index (χ1) is 7.42. The Morgan fingerprint density at radius 1 is 1.50 bits per heavy atom. The Morgan fingerprint density at radius 3 is 3.00 bits per heavy atom.